The Bertz CT molecular complexity index is 1380. The molecule has 0 aliphatic carbocycles. The summed E-state index contributed by atoms with van der Waals surface area (Å²) in [6.07, 6.45) is 1.68. The van der Waals surface area contributed by atoms with Crippen LogP contribution in [0.25, 0.3) is 11.3 Å². The predicted molar refractivity (Wildman–Crippen MR) is 134 cm³/mol. The van der Waals surface area contributed by atoms with Crippen molar-refractivity contribution in [3.8, 4) is 11.3 Å². The van der Waals surface area contributed by atoms with Gasteiger partial charge in [0.1, 0.15) is 0 Å². The van der Waals surface area contributed by atoms with Gasteiger partial charge in [0.15, 0.2) is 0 Å². The third-order valence-corrected chi connectivity index (χ3v) is 5.84. The molecule has 0 aliphatic rings. The molecule has 0 aliphatic heterocycles. The number of benzene rings is 2. The summed E-state index contributed by atoms with van der Waals surface area (Å²) >= 11 is 12.8. The number of nitrogens with two attached hydrogens (primary N) is 1. The van der Waals surface area contributed by atoms with Gasteiger partial charge in [0, 0.05) is 28.7 Å². The monoisotopic (exact) mass is 490 g/mol. The number of halogens is 2. The molecule has 2 heterocycles. The second kappa shape index (κ2) is 10.0. The van der Waals surface area contributed by atoms with Crippen LogP contribution in [-0.2, 0) is 6.54 Å². The zero-order chi connectivity index (χ0) is 24.2. The molecule has 8 heteroatoms. The Balaban J connectivity index is 1.81. The summed E-state index contributed by atoms with van der Waals surface area (Å²) < 4.78 is 0. The SMILES string of the molecule is Cc1cccc(CN(C(=O)c2ccc(C(N)=O)cc2Cl)c2ccc(Cl)c(-c3ccccn3)c2)n1. The molecule has 2 amide bonds. The third kappa shape index (κ3) is 5.09. The highest BCUT2D eigenvalue weighted by molar-refractivity contribution is 6.35. The van der Waals surface area contributed by atoms with E-state index in [0.29, 0.717) is 27.7 Å². The van der Waals surface area contributed by atoms with Crippen LogP contribution in [0.5, 0.6) is 0 Å². The Hall–Kier alpha value is -3.74. The van der Waals surface area contributed by atoms with Crippen molar-refractivity contribution in [3.05, 3.63) is 112 Å². The van der Waals surface area contributed by atoms with E-state index in [1.54, 1.807) is 23.2 Å². The average molecular weight is 491 g/mol. The van der Waals surface area contributed by atoms with E-state index >= 15 is 0 Å². The lowest BCUT2D eigenvalue weighted by Gasteiger charge is -2.24. The number of carbonyl (C=O) groups excluding carboxylic acids is 2. The van der Waals surface area contributed by atoms with Crippen molar-refractivity contribution >= 4 is 40.7 Å². The Morgan fingerprint density at radius 1 is 0.941 bits per heavy atom. The first-order valence-corrected chi connectivity index (χ1v) is 11.1. The number of pyridine rings is 2. The quantitative estimate of drug-likeness (QED) is 0.375. The van der Waals surface area contributed by atoms with Crippen LogP contribution >= 0.6 is 23.2 Å². The molecular weight excluding hydrogens is 471 g/mol. The molecule has 0 unspecified atom stereocenters. The highest BCUT2D eigenvalue weighted by Crippen LogP contribution is 2.32. The molecule has 4 aromatic rings. The number of rotatable bonds is 6. The van der Waals surface area contributed by atoms with Crippen LogP contribution in [0.1, 0.15) is 32.1 Å². The lowest BCUT2D eigenvalue weighted by atomic mass is 10.1. The maximum atomic E-state index is 13.7. The van der Waals surface area contributed by atoms with Crippen molar-refractivity contribution in [2.75, 3.05) is 4.90 Å². The number of aromatic nitrogens is 2. The van der Waals surface area contributed by atoms with Crippen LogP contribution in [0.15, 0.2) is 79.0 Å². The highest BCUT2D eigenvalue weighted by atomic mass is 35.5. The standard InChI is InChI=1S/C26H20Cl2N4O2/c1-16-5-4-6-18(31-16)15-32(26(34)20-10-8-17(25(29)33)13-23(20)28)19-9-11-22(27)21(14-19)24-7-2-3-12-30-24/h2-14H,15H2,1H3,(H2,29,33). The fourth-order valence-corrected chi connectivity index (χ4v) is 3.99. The lowest BCUT2D eigenvalue weighted by Crippen LogP contribution is -2.31. The maximum absolute atomic E-state index is 13.7. The summed E-state index contributed by atoms with van der Waals surface area (Å²) in [4.78, 5) is 35.7. The van der Waals surface area contributed by atoms with Gasteiger partial charge in [0.05, 0.1) is 33.5 Å². The number of hydrogen-bond acceptors (Lipinski definition) is 4. The van der Waals surface area contributed by atoms with E-state index in [0.717, 1.165) is 5.69 Å². The molecule has 4 rings (SSSR count). The van der Waals surface area contributed by atoms with Crippen molar-refractivity contribution < 1.29 is 9.59 Å². The van der Waals surface area contributed by atoms with Crippen LogP contribution < -0.4 is 10.6 Å². The average Bonchev–Trinajstić information content (AvgIpc) is 2.83. The molecule has 0 radical (unpaired) electrons. The number of hydrogen-bond donors (Lipinski definition) is 1. The largest absolute Gasteiger partial charge is 0.366 e. The Labute approximate surface area is 207 Å². The van der Waals surface area contributed by atoms with Gasteiger partial charge in [0.2, 0.25) is 5.91 Å². The molecule has 0 saturated carbocycles. The maximum Gasteiger partial charge on any atom is 0.260 e. The molecule has 0 saturated heterocycles. The minimum absolute atomic E-state index is 0.127. The van der Waals surface area contributed by atoms with Gasteiger partial charge >= 0.3 is 0 Å². The zero-order valence-electron chi connectivity index (χ0n) is 18.2. The van der Waals surface area contributed by atoms with Gasteiger partial charge in [-0.25, -0.2) is 0 Å². The van der Waals surface area contributed by atoms with Gasteiger partial charge in [-0.2, -0.15) is 0 Å². The fraction of sp³-hybridized carbons (Fsp3) is 0.0769. The summed E-state index contributed by atoms with van der Waals surface area (Å²) in [5, 5.41) is 0.634. The van der Waals surface area contributed by atoms with E-state index in [1.807, 2.05) is 49.4 Å². The van der Waals surface area contributed by atoms with Crippen molar-refractivity contribution in [2.45, 2.75) is 13.5 Å². The van der Waals surface area contributed by atoms with E-state index in [2.05, 4.69) is 9.97 Å². The number of anilines is 1. The first-order chi connectivity index (χ1) is 16.3. The van der Waals surface area contributed by atoms with Crippen LogP contribution in [0.3, 0.4) is 0 Å². The third-order valence-electron chi connectivity index (χ3n) is 5.20. The van der Waals surface area contributed by atoms with Gasteiger partial charge in [0.25, 0.3) is 5.91 Å². The van der Waals surface area contributed by atoms with Gasteiger partial charge in [-0.1, -0.05) is 35.3 Å². The van der Waals surface area contributed by atoms with Crippen LogP contribution in [0.4, 0.5) is 5.69 Å². The summed E-state index contributed by atoms with van der Waals surface area (Å²) in [5.74, 6) is -0.988. The van der Waals surface area contributed by atoms with E-state index < -0.39 is 5.91 Å². The van der Waals surface area contributed by atoms with Crippen molar-refractivity contribution in [3.63, 3.8) is 0 Å². The molecule has 34 heavy (non-hydrogen) atoms. The molecule has 0 bridgehead atoms. The highest BCUT2D eigenvalue weighted by Gasteiger charge is 2.23. The lowest BCUT2D eigenvalue weighted by molar-refractivity contribution is 0.0978. The summed E-state index contributed by atoms with van der Waals surface area (Å²) in [7, 11) is 0. The number of amides is 2. The number of aryl methyl sites for hydroxylation is 1. The van der Waals surface area contributed by atoms with E-state index in [4.69, 9.17) is 28.9 Å². The normalized spacial score (nSPS) is 10.7. The van der Waals surface area contributed by atoms with Crippen LogP contribution in [-0.4, -0.2) is 21.8 Å². The predicted octanol–water partition coefficient (Wildman–Crippen LogP) is 5.70. The molecule has 2 N–H and O–H groups in total. The fourth-order valence-electron chi connectivity index (χ4n) is 3.52. The first kappa shape index (κ1) is 23.4. The van der Waals surface area contributed by atoms with Crippen LogP contribution in [0.2, 0.25) is 10.0 Å². The minimum atomic E-state index is -0.626. The van der Waals surface area contributed by atoms with Crippen molar-refractivity contribution in [2.24, 2.45) is 5.73 Å². The number of nitrogens with zero attached hydrogens (tertiary/aromatic N) is 3. The molecule has 0 atom stereocenters. The molecular formula is C26H20Cl2N4O2. The summed E-state index contributed by atoms with van der Waals surface area (Å²) in [6.45, 7) is 2.08. The molecule has 0 spiro atoms. The molecule has 170 valence electrons. The summed E-state index contributed by atoms with van der Waals surface area (Å²) in [5.41, 5.74) is 9.28. The first-order valence-electron chi connectivity index (χ1n) is 10.4. The number of carbonyl (C=O) groups is 2. The second-order valence-corrected chi connectivity index (χ2v) is 8.41. The molecule has 0 fully saturated rings. The molecule has 2 aromatic heterocycles. The zero-order valence-corrected chi connectivity index (χ0v) is 19.7. The van der Waals surface area contributed by atoms with Crippen LogP contribution in [0, 0.1) is 6.92 Å². The Kier molecular flexibility index (Phi) is 6.91. The van der Waals surface area contributed by atoms with Gasteiger partial charge < -0.3 is 10.6 Å². The van der Waals surface area contributed by atoms with Gasteiger partial charge in [-0.3, -0.25) is 19.6 Å². The van der Waals surface area contributed by atoms with Gasteiger partial charge in [-0.05, 0) is 67.6 Å². The summed E-state index contributed by atoms with van der Waals surface area (Å²) in [6, 6.07) is 20.8. The van der Waals surface area contributed by atoms with Crippen molar-refractivity contribution in [1.29, 1.82) is 0 Å². The minimum Gasteiger partial charge on any atom is -0.366 e. The number of primary amides is 1. The van der Waals surface area contributed by atoms with E-state index in [1.165, 1.54) is 18.2 Å². The molecule has 6 nitrogen and oxygen atoms in total. The van der Waals surface area contributed by atoms with Crippen molar-refractivity contribution in [1.82, 2.24) is 9.97 Å². The second-order valence-electron chi connectivity index (χ2n) is 7.60. The van der Waals surface area contributed by atoms with E-state index in [9.17, 15) is 9.59 Å². The smallest absolute Gasteiger partial charge is 0.260 e. The van der Waals surface area contributed by atoms with E-state index in [-0.39, 0.29) is 28.6 Å². The van der Waals surface area contributed by atoms with Gasteiger partial charge in [-0.15, -0.1) is 0 Å². The Morgan fingerprint density at radius 3 is 2.44 bits per heavy atom. The Morgan fingerprint density at radius 2 is 1.76 bits per heavy atom. The molecule has 2 aromatic carbocycles. The topological polar surface area (TPSA) is 89.2 Å².